The quantitative estimate of drug-likeness (QED) is 0.267. The molecule has 37 heavy (non-hydrogen) atoms. The summed E-state index contributed by atoms with van der Waals surface area (Å²) in [6.45, 7) is 1.90. The summed E-state index contributed by atoms with van der Waals surface area (Å²) >= 11 is 0. The summed E-state index contributed by atoms with van der Waals surface area (Å²) in [6, 6.07) is 23.7. The average Bonchev–Trinajstić information content (AvgIpc) is 2.92. The number of carbonyl (C=O) groups excluding carboxylic acids is 3. The molecule has 3 aromatic carbocycles. The van der Waals surface area contributed by atoms with Crippen molar-refractivity contribution < 1.29 is 24.3 Å². The topological polar surface area (TPSA) is 125 Å². The number of hydrogen-bond donors (Lipinski definition) is 4. The highest BCUT2D eigenvalue weighted by Gasteiger charge is 2.30. The summed E-state index contributed by atoms with van der Waals surface area (Å²) in [5.74, 6) is -2.53. The van der Waals surface area contributed by atoms with Crippen LogP contribution in [0, 0.1) is 0 Å². The van der Waals surface area contributed by atoms with Crippen molar-refractivity contribution in [2.75, 3.05) is 0 Å². The zero-order chi connectivity index (χ0) is 26.6. The van der Waals surface area contributed by atoms with Gasteiger partial charge in [-0.3, -0.25) is 19.7 Å². The van der Waals surface area contributed by atoms with E-state index in [0.717, 1.165) is 11.1 Å². The van der Waals surface area contributed by atoms with Crippen molar-refractivity contribution >= 4 is 23.6 Å². The summed E-state index contributed by atoms with van der Waals surface area (Å²) < 4.78 is 0. The highest BCUT2D eigenvalue weighted by molar-refractivity contribution is 6.00. The van der Waals surface area contributed by atoms with E-state index in [2.05, 4.69) is 16.0 Å². The third-order valence-corrected chi connectivity index (χ3v) is 5.85. The second kappa shape index (κ2) is 13.7. The molecule has 8 nitrogen and oxygen atoms in total. The van der Waals surface area contributed by atoms with Crippen LogP contribution in [0.3, 0.4) is 0 Å². The van der Waals surface area contributed by atoms with E-state index in [-0.39, 0.29) is 24.5 Å². The zero-order valence-electron chi connectivity index (χ0n) is 20.6. The molecule has 4 N–H and O–H groups in total. The van der Waals surface area contributed by atoms with Crippen LogP contribution in [0.2, 0.25) is 0 Å². The number of carboxylic acids is 1. The highest BCUT2D eigenvalue weighted by Crippen LogP contribution is 2.09. The minimum absolute atomic E-state index is 0.0778. The molecular formula is C29H31N3O5. The zero-order valence-corrected chi connectivity index (χ0v) is 20.6. The minimum Gasteiger partial charge on any atom is -0.480 e. The molecule has 0 spiro atoms. The van der Waals surface area contributed by atoms with E-state index in [1.54, 1.807) is 61.5 Å². The van der Waals surface area contributed by atoms with E-state index in [1.807, 2.05) is 36.4 Å². The fourth-order valence-electron chi connectivity index (χ4n) is 3.79. The normalized spacial score (nSPS) is 13.1. The molecule has 0 aliphatic rings. The fraction of sp³-hybridized carbons (Fsp3) is 0.241. The first-order chi connectivity index (χ1) is 17.8. The third kappa shape index (κ3) is 8.70. The molecule has 0 saturated carbocycles. The van der Waals surface area contributed by atoms with E-state index in [1.165, 1.54) is 0 Å². The molecule has 192 valence electrons. The van der Waals surface area contributed by atoms with Crippen molar-refractivity contribution in [1.82, 2.24) is 16.0 Å². The summed E-state index contributed by atoms with van der Waals surface area (Å²) in [5.41, 5.74) is 2.08. The number of carbonyl (C=O) groups is 4. The molecule has 0 aliphatic heterocycles. The first-order valence-corrected chi connectivity index (χ1v) is 12.1. The number of benzene rings is 3. The van der Waals surface area contributed by atoms with E-state index in [4.69, 9.17) is 0 Å². The summed E-state index contributed by atoms with van der Waals surface area (Å²) in [6.07, 6.45) is -0.168. The smallest absolute Gasteiger partial charge is 0.326 e. The van der Waals surface area contributed by atoms with Crippen molar-refractivity contribution in [3.05, 3.63) is 108 Å². The van der Waals surface area contributed by atoms with Crippen molar-refractivity contribution in [3.63, 3.8) is 0 Å². The molecule has 0 fully saturated rings. The Kier molecular flexibility index (Phi) is 10.1. The van der Waals surface area contributed by atoms with Crippen LogP contribution in [-0.4, -0.2) is 46.8 Å². The fourth-order valence-corrected chi connectivity index (χ4v) is 3.79. The van der Waals surface area contributed by atoms with Gasteiger partial charge >= 0.3 is 5.97 Å². The van der Waals surface area contributed by atoms with Gasteiger partial charge in [0, 0.05) is 24.9 Å². The number of hydrogen-bond acceptors (Lipinski definition) is 5. The molecule has 3 rings (SSSR count). The van der Waals surface area contributed by atoms with Crippen LogP contribution in [0.4, 0.5) is 0 Å². The number of amides is 2. The van der Waals surface area contributed by atoms with Crippen LogP contribution in [0.15, 0.2) is 91.0 Å². The lowest BCUT2D eigenvalue weighted by molar-refractivity contribution is -0.142. The van der Waals surface area contributed by atoms with Gasteiger partial charge in [-0.25, -0.2) is 4.79 Å². The van der Waals surface area contributed by atoms with Crippen LogP contribution < -0.4 is 16.0 Å². The average molecular weight is 502 g/mol. The van der Waals surface area contributed by atoms with Crippen molar-refractivity contribution in [2.24, 2.45) is 0 Å². The first-order valence-electron chi connectivity index (χ1n) is 12.1. The van der Waals surface area contributed by atoms with E-state index in [9.17, 15) is 24.3 Å². The van der Waals surface area contributed by atoms with Crippen LogP contribution in [-0.2, 0) is 27.3 Å². The van der Waals surface area contributed by atoms with Gasteiger partial charge in [0.05, 0.1) is 12.1 Å². The molecule has 0 aliphatic carbocycles. The maximum absolute atomic E-state index is 13.2. The molecule has 8 heteroatoms. The Balaban J connectivity index is 1.71. The van der Waals surface area contributed by atoms with Gasteiger partial charge in [0.1, 0.15) is 6.04 Å². The van der Waals surface area contributed by atoms with E-state index >= 15 is 0 Å². The monoisotopic (exact) mass is 501 g/mol. The number of ketones is 1. The molecule has 1 unspecified atom stereocenters. The van der Waals surface area contributed by atoms with E-state index < -0.39 is 30.0 Å². The van der Waals surface area contributed by atoms with Gasteiger partial charge in [-0.05, 0) is 18.1 Å². The standard InChI is InChI=1S/C29H31N3O5/c1-20(27(34)30-19-22-13-7-3-8-14-22)31-24(18-26(33)23-15-9-4-10-16-23)28(35)32-25(29(36)37)17-21-11-5-2-6-12-21/h2-16,20,24-25,31H,17-19H2,1H3,(H,30,34)(H,32,35)(H,36,37)/t20-,24?,25-/m0/s1. The second-order valence-electron chi connectivity index (χ2n) is 8.73. The number of nitrogens with one attached hydrogen (secondary N) is 3. The Morgan fingerprint density at radius 2 is 1.27 bits per heavy atom. The number of Topliss-reactive ketones (excluding diaryl/α,β-unsaturated/α-hetero) is 1. The molecule has 0 heterocycles. The van der Waals surface area contributed by atoms with Gasteiger partial charge in [0.2, 0.25) is 11.8 Å². The lowest BCUT2D eigenvalue weighted by Gasteiger charge is -2.24. The lowest BCUT2D eigenvalue weighted by Crippen LogP contribution is -2.55. The number of carboxylic acid groups (broad SMARTS) is 1. The Morgan fingerprint density at radius 3 is 1.84 bits per heavy atom. The Bertz CT molecular complexity index is 1190. The molecule has 3 atom stereocenters. The molecule has 0 saturated heterocycles. The molecular weight excluding hydrogens is 470 g/mol. The Labute approximate surface area is 216 Å². The van der Waals surface area contributed by atoms with Crippen LogP contribution >= 0.6 is 0 Å². The minimum atomic E-state index is -1.20. The number of rotatable bonds is 13. The largest absolute Gasteiger partial charge is 0.480 e. The van der Waals surface area contributed by atoms with Crippen LogP contribution in [0.5, 0.6) is 0 Å². The van der Waals surface area contributed by atoms with Gasteiger partial charge < -0.3 is 15.7 Å². The molecule has 0 bridgehead atoms. The molecule has 2 amide bonds. The van der Waals surface area contributed by atoms with Gasteiger partial charge in [-0.2, -0.15) is 0 Å². The maximum atomic E-state index is 13.2. The maximum Gasteiger partial charge on any atom is 0.326 e. The lowest BCUT2D eigenvalue weighted by atomic mass is 10.0. The van der Waals surface area contributed by atoms with Crippen LogP contribution in [0.1, 0.15) is 34.8 Å². The van der Waals surface area contributed by atoms with E-state index in [0.29, 0.717) is 12.1 Å². The van der Waals surface area contributed by atoms with Gasteiger partial charge in [-0.15, -0.1) is 0 Å². The van der Waals surface area contributed by atoms with Gasteiger partial charge in [-0.1, -0.05) is 91.0 Å². The third-order valence-electron chi connectivity index (χ3n) is 5.85. The second-order valence-corrected chi connectivity index (χ2v) is 8.73. The predicted octanol–water partition coefficient (Wildman–Crippen LogP) is 2.73. The van der Waals surface area contributed by atoms with Crippen molar-refractivity contribution in [3.8, 4) is 0 Å². The van der Waals surface area contributed by atoms with Crippen molar-refractivity contribution in [1.29, 1.82) is 0 Å². The number of aliphatic carboxylic acids is 1. The summed E-state index contributed by atoms with van der Waals surface area (Å²) in [5, 5.41) is 18.0. The summed E-state index contributed by atoms with van der Waals surface area (Å²) in [4.78, 5) is 50.7. The van der Waals surface area contributed by atoms with Gasteiger partial charge in [0.15, 0.2) is 5.78 Å². The molecule has 3 aromatic rings. The first kappa shape index (κ1) is 27.3. The summed E-state index contributed by atoms with van der Waals surface area (Å²) in [7, 11) is 0. The predicted molar refractivity (Wildman–Crippen MR) is 140 cm³/mol. The van der Waals surface area contributed by atoms with Gasteiger partial charge in [0.25, 0.3) is 0 Å². The molecule has 0 radical (unpaired) electrons. The Hall–Kier alpha value is -4.30. The molecule has 0 aromatic heterocycles. The van der Waals surface area contributed by atoms with Crippen molar-refractivity contribution in [2.45, 2.75) is 44.4 Å². The van der Waals surface area contributed by atoms with Crippen LogP contribution in [0.25, 0.3) is 0 Å². The SMILES string of the molecule is C[C@H](NC(CC(=O)c1ccccc1)C(=O)N[C@@H](Cc1ccccc1)C(=O)O)C(=O)NCc1ccccc1. The Morgan fingerprint density at radius 1 is 0.730 bits per heavy atom. The highest BCUT2D eigenvalue weighted by atomic mass is 16.4.